The van der Waals surface area contributed by atoms with Gasteiger partial charge in [0.05, 0.1) is 5.02 Å². The van der Waals surface area contributed by atoms with Gasteiger partial charge < -0.3 is 14.7 Å². The molecule has 0 aromatic heterocycles. The van der Waals surface area contributed by atoms with Crippen LogP contribution in [0.2, 0.25) is 5.02 Å². The van der Waals surface area contributed by atoms with E-state index in [-0.39, 0.29) is 5.91 Å². The second-order valence-electron chi connectivity index (χ2n) is 4.97. The van der Waals surface area contributed by atoms with E-state index < -0.39 is 18.1 Å². The van der Waals surface area contributed by atoms with Crippen molar-refractivity contribution >= 4 is 23.5 Å². The van der Waals surface area contributed by atoms with Gasteiger partial charge in [0, 0.05) is 6.54 Å². The zero-order chi connectivity index (χ0) is 15.4. The molecule has 1 amide bonds. The second-order valence-corrected chi connectivity index (χ2v) is 5.38. The number of rotatable bonds is 5. The largest absolute Gasteiger partial charge is 0.480 e. The molecule has 5 nitrogen and oxygen atoms in total. The molecule has 6 heteroatoms. The van der Waals surface area contributed by atoms with Gasteiger partial charge in [-0.3, -0.25) is 4.79 Å². The van der Waals surface area contributed by atoms with Gasteiger partial charge >= 0.3 is 5.97 Å². The highest BCUT2D eigenvalue weighted by Crippen LogP contribution is 2.26. The fourth-order valence-electron chi connectivity index (χ4n) is 2.47. The first kappa shape index (κ1) is 15.6. The molecule has 1 aliphatic heterocycles. The van der Waals surface area contributed by atoms with Crippen molar-refractivity contribution in [3.05, 3.63) is 29.3 Å². The number of para-hydroxylation sites is 1. The number of halogens is 1. The number of aliphatic carboxylic acids is 1. The maximum absolute atomic E-state index is 12.5. The first-order valence-electron chi connectivity index (χ1n) is 6.99. The summed E-state index contributed by atoms with van der Waals surface area (Å²) in [4.78, 5) is 25.1. The summed E-state index contributed by atoms with van der Waals surface area (Å²) in [5, 5.41) is 9.60. The Kier molecular flexibility index (Phi) is 5.07. The number of amides is 1. The molecule has 21 heavy (non-hydrogen) atoms. The Morgan fingerprint density at radius 1 is 1.48 bits per heavy atom. The van der Waals surface area contributed by atoms with Gasteiger partial charge in [-0.2, -0.15) is 0 Å². The number of carboxylic acid groups (broad SMARTS) is 1. The van der Waals surface area contributed by atoms with Crippen molar-refractivity contribution in [2.24, 2.45) is 0 Å². The van der Waals surface area contributed by atoms with Crippen LogP contribution in [0, 0.1) is 0 Å². The van der Waals surface area contributed by atoms with Gasteiger partial charge in [-0.05, 0) is 31.4 Å². The first-order chi connectivity index (χ1) is 10.0. The number of benzene rings is 1. The van der Waals surface area contributed by atoms with E-state index >= 15 is 0 Å². The van der Waals surface area contributed by atoms with E-state index in [9.17, 15) is 9.59 Å². The number of ether oxygens (including phenoxy) is 1. The molecule has 1 N–H and O–H groups in total. The van der Waals surface area contributed by atoms with Gasteiger partial charge in [-0.25, -0.2) is 4.79 Å². The van der Waals surface area contributed by atoms with E-state index in [4.69, 9.17) is 21.4 Å². The minimum Gasteiger partial charge on any atom is -0.480 e. The minimum atomic E-state index is -0.964. The monoisotopic (exact) mass is 311 g/mol. The standard InChI is InChI=1S/C15H18ClNO4/c1-2-12(21-13-8-4-3-6-10(13)16)14(18)17-9-5-7-11(17)15(19)20/h3-4,6,8,11-12H,2,5,7,9H2,1H3,(H,19,20)/t11-,12?/m0/s1. The van der Waals surface area contributed by atoms with Crippen LogP contribution in [0.5, 0.6) is 5.75 Å². The zero-order valence-electron chi connectivity index (χ0n) is 11.8. The Morgan fingerprint density at radius 2 is 2.19 bits per heavy atom. The van der Waals surface area contributed by atoms with Crippen LogP contribution in [0.3, 0.4) is 0 Å². The van der Waals surface area contributed by atoms with Crippen LogP contribution in [0.25, 0.3) is 0 Å². The number of carbonyl (C=O) groups is 2. The molecule has 0 spiro atoms. The topological polar surface area (TPSA) is 66.8 Å². The Hall–Kier alpha value is -1.75. The van der Waals surface area contributed by atoms with E-state index in [1.54, 1.807) is 24.3 Å². The van der Waals surface area contributed by atoms with E-state index in [2.05, 4.69) is 0 Å². The van der Waals surface area contributed by atoms with Crippen LogP contribution < -0.4 is 4.74 Å². The minimum absolute atomic E-state index is 0.290. The Labute approximate surface area is 128 Å². The first-order valence-corrected chi connectivity index (χ1v) is 7.36. The summed E-state index contributed by atoms with van der Waals surface area (Å²) in [5.41, 5.74) is 0. The molecular formula is C15H18ClNO4. The SMILES string of the molecule is CCC(Oc1ccccc1Cl)C(=O)N1CCC[C@H]1C(=O)O. The van der Waals surface area contributed by atoms with Crippen molar-refractivity contribution in [1.29, 1.82) is 0 Å². The number of hydrogen-bond donors (Lipinski definition) is 1. The third-order valence-electron chi connectivity index (χ3n) is 3.57. The fraction of sp³-hybridized carbons (Fsp3) is 0.467. The molecule has 1 saturated heterocycles. The predicted molar refractivity (Wildman–Crippen MR) is 78.5 cm³/mol. The third kappa shape index (κ3) is 3.47. The molecule has 0 bridgehead atoms. The zero-order valence-corrected chi connectivity index (χ0v) is 12.5. The van der Waals surface area contributed by atoms with Gasteiger partial charge in [0.1, 0.15) is 11.8 Å². The van der Waals surface area contributed by atoms with Crippen molar-refractivity contribution in [1.82, 2.24) is 4.90 Å². The van der Waals surface area contributed by atoms with E-state index in [1.807, 2.05) is 6.92 Å². The van der Waals surface area contributed by atoms with Crippen molar-refractivity contribution in [3.8, 4) is 5.75 Å². The van der Waals surface area contributed by atoms with Gasteiger partial charge in [0.25, 0.3) is 5.91 Å². The number of nitrogens with zero attached hydrogens (tertiary/aromatic N) is 1. The number of hydrogen-bond acceptors (Lipinski definition) is 3. The lowest BCUT2D eigenvalue weighted by Gasteiger charge is -2.26. The van der Waals surface area contributed by atoms with Crippen molar-refractivity contribution < 1.29 is 19.4 Å². The van der Waals surface area contributed by atoms with E-state index in [0.717, 1.165) is 0 Å². The highest BCUT2D eigenvalue weighted by atomic mass is 35.5. The third-order valence-corrected chi connectivity index (χ3v) is 3.89. The molecule has 0 aliphatic carbocycles. The molecule has 1 aliphatic rings. The molecule has 1 aromatic carbocycles. The fourth-order valence-corrected chi connectivity index (χ4v) is 2.65. The molecule has 114 valence electrons. The molecule has 2 rings (SSSR count). The van der Waals surface area contributed by atoms with Gasteiger partial charge in [-0.1, -0.05) is 30.7 Å². The lowest BCUT2D eigenvalue weighted by atomic mass is 10.2. The molecule has 1 heterocycles. The van der Waals surface area contributed by atoms with Crippen LogP contribution in [-0.4, -0.2) is 40.6 Å². The maximum Gasteiger partial charge on any atom is 0.326 e. The number of likely N-dealkylation sites (tertiary alicyclic amines) is 1. The summed E-state index contributed by atoms with van der Waals surface area (Å²) in [6.45, 7) is 2.28. The highest BCUT2D eigenvalue weighted by molar-refractivity contribution is 6.32. The summed E-state index contributed by atoms with van der Waals surface area (Å²) < 4.78 is 5.68. The van der Waals surface area contributed by atoms with Crippen molar-refractivity contribution in [3.63, 3.8) is 0 Å². The van der Waals surface area contributed by atoms with Crippen LogP contribution in [-0.2, 0) is 9.59 Å². The lowest BCUT2D eigenvalue weighted by Crippen LogP contribution is -2.47. The predicted octanol–water partition coefficient (Wildman–Crippen LogP) is 2.57. The Bertz CT molecular complexity index is 534. The van der Waals surface area contributed by atoms with E-state index in [1.165, 1.54) is 4.90 Å². The molecule has 1 unspecified atom stereocenters. The average Bonchev–Trinajstić information content (AvgIpc) is 2.95. The molecule has 1 fully saturated rings. The van der Waals surface area contributed by atoms with Gasteiger partial charge in [0.15, 0.2) is 6.10 Å². The van der Waals surface area contributed by atoms with Crippen molar-refractivity contribution in [2.75, 3.05) is 6.54 Å². The summed E-state index contributed by atoms with van der Waals surface area (Å²) in [6.07, 6.45) is 0.923. The van der Waals surface area contributed by atoms with Gasteiger partial charge in [-0.15, -0.1) is 0 Å². The molecule has 0 saturated carbocycles. The Morgan fingerprint density at radius 3 is 2.81 bits per heavy atom. The maximum atomic E-state index is 12.5. The van der Waals surface area contributed by atoms with Crippen LogP contribution in [0.1, 0.15) is 26.2 Å². The molecule has 2 atom stereocenters. The second kappa shape index (κ2) is 6.80. The number of carbonyl (C=O) groups excluding carboxylic acids is 1. The van der Waals surface area contributed by atoms with Crippen LogP contribution >= 0.6 is 11.6 Å². The molecule has 0 radical (unpaired) electrons. The lowest BCUT2D eigenvalue weighted by molar-refractivity contribution is -0.151. The summed E-state index contributed by atoms with van der Waals surface area (Å²) in [5.74, 6) is -0.818. The summed E-state index contributed by atoms with van der Waals surface area (Å²) in [7, 11) is 0. The highest BCUT2D eigenvalue weighted by Gasteiger charge is 2.37. The van der Waals surface area contributed by atoms with E-state index in [0.29, 0.717) is 36.6 Å². The quantitative estimate of drug-likeness (QED) is 0.907. The van der Waals surface area contributed by atoms with Gasteiger partial charge in [0.2, 0.25) is 0 Å². The molecule has 1 aromatic rings. The normalized spacial score (nSPS) is 19.3. The smallest absolute Gasteiger partial charge is 0.326 e. The molecular weight excluding hydrogens is 294 g/mol. The van der Waals surface area contributed by atoms with Crippen molar-refractivity contribution in [2.45, 2.75) is 38.3 Å². The van der Waals surface area contributed by atoms with Crippen LogP contribution in [0.4, 0.5) is 0 Å². The van der Waals surface area contributed by atoms with Crippen LogP contribution in [0.15, 0.2) is 24.3 Å². The Balaban J connectivity index is 2.12. The number of carboxylic acids is 1. The average molecular weight is 312 g/mol. The summed E-state index contributed by atoms with van der Waals surface area (Å²) in [6, 6.07) is 6.18. The summed E-state index contributed by atoms with van der Waals surface area (Å²) >= 11 is 6.02.